The summed E-state index contributed by atoms with van der Waals surface area (Å²) in [4.78, 5) is 36.4. The fraction of sp³-hybridized carbons (Fsp3) is 0.200. The molecule has 0 saturated carbocycles. The summed E-state index contributed by atoms with van der Waals surface area (Å²) in [5.74, 6) is 0.476. The van der Waals surface area contributed by atoms with Crippen molar-refractivity contribution in [2.75, 3.05) is 31.1 Å². The van der Waals surface area contributed by atoms with Crippen LogP contribution in [0.1, 0.15) is 10.6 Å². The number of amides is 1. The van der Waals surface area contributed by atoms with E-state index >= 15 is 0 Å². The lowest BCUT2D eigenvalue weighted by Gasteiger charge is -2.35. The van der Waals surface area contributed by atoms with Crippen molar-refractivity contribution in [3.8, 4) is 5.95 Å². The quantitative estimate of drug-likeness (QED) is 0.541. The smallest absolute Gasteiger partial charge is 0.295 e. The summed E-state index contributed by atoms with van der Waals surface area (Å²) in [6.07, 6.45) is 3.03. The van der Waals surface area contributed by atoms with Crippen LogP contribution in [0.15, 0.2) is 58.1 Å². The van der Waals surface area contributed by atoms with E-state index in [4.69, 9.17) is 16.0 Å². The first-order valence-electron chi connectivity index (χ1n) is 9.42. The normalized spacial score (nSPS) is 14.4. The average molecular weight is 425 g/mol. The van der Waals surface area contributed by atoms with E-state index in [0.717, 1.165) is 15.7 Å². The maximum Gasteiger partial charge on any atom is 0.295 e. The van der Waals surface area contributed by atoms with Crippen molar-refractivity contribution < 1.29 is 9.21 Å². The Kier molecular flexibility index (Phi) is 4.51. The summed E-state index contributed by atoms with van der Waals surface area (Å²) in [6.45, 7) is 2.04. The van der Waals surface area contributed by atoms with E-state index in [1.165, 1.54) is 6.26 Å². The fourth-order valence-corrected chi connectivity index (χ4v) is 3.79. The van der Waals surface area contributed by atoms with Gasteiger partial charge in [-0.3, -0.25) is 9.59 Å². The Hall–Kier alpha value is -3.59. The number of fused-ring (bicyclic) bond motifs is 1. The van der Waals surface area contributed by atoms with Gasteiger partial charge in [0.2, 0.25) is 5.95 Å². The van der Waals surface area contributed by atoms with Gasteiger partial charge in [-0.1, -0.05) is 23.7 Å². The Morgan fingerprint density at radius 3 is 2.63 bits per heavy atom. The molecule has 30 heavy (non-hydrogen) atoms. The number of piperazine rings is 1. The number of H-pyrrole nitrogens is 1. The van der Waals surface area contributed by atoms with Crippen LogP contribution in [0.2, 0.25) is 5.02 Å². The second kappa shape index (κ2) is 7.34. The highest BCUT2D eigenvalue weighted by atomic mass is 35.5. The molecule has 1 aliphatic rings. The van der Waals surface area contributed by atoms with Gasteiger partial charge in [-0.25, -0.2) is 4.98 Å². The Labute approximate surface area is 175 Å². The van der Waals surface area contributed by atoms with Crippen LogP contribution in [0.5, 0.6) is 0 Å². The molecule has 0 radical (unpaired) electrons. The van der Waals surface area contributed by atoms with Crippen LogP contribution in [-0.2, 0) is 0 Å². The molecule has 1 amide bonds. The molecule has 9 nitrogen and oxygen atoms in total. The number of furan rings is 1. The van der Waals surface area contributed by atoms with Crippen molar-refractivity contribution in [2.45, 2.75) is 0 Å². The number of para-hydroxylation sites is 2. The Balaban J connectivity index is 1.37. The van der Waals surface area contributed by atoms with Gasteiger partial charge in [0.1, 0.15) is 5.02 Å². The topological polar surface area (TPSA) is 100 Å². The lowest BCUT2D eigenvalue weighted by atomic mass is 10.2. The van der Waals surface area contributed by atoms with Crippen LogP contribution in [0.3, 0.4) is 0 Å². The second-order valence-corrected chi connectivity index (χ2v) is 7.27. The molecule has 1 aliphatic heterocycles. The van der Waals surface area contributed by atoms with E-state index in [1.54, 1.807) is 23.2 Å². The zero-order valence-electron chi connectivity index (χ0n) is 15.8. The van der Waals surface area contributed by atoms with Crippen LogP contribution in [0, 0.1) is 0 Å². The molecule has 1 fully saturated rings. The van der Waals surface area contributed by atoms with E-state index in [1.807, 2.05) is 29.2 Å². The van der Waals surface area contributed by atoms with Gasteiger partial charge in [0, 0.05) is 26.2 Å². The predicted octanol–water partition coefficient (Wildman–Crippen LogP) is 2.32. The highest BCUT2D eigenvalue weighted by molar-refractivity contribution is 6.33. The van der Waals surface area contributed by atoms with E-state index in [2.05, 4.69) is 15.1 Å². The number of hydrogen-bond donors (Lipinski definition) is 1. The van der Waals surface area contributed by atoms with Gasteiger partial charge >= 0.3 is 0 Å². The van der Waals surface area contributed by atoms with E-state index in [-0.39, 0.29) is 10.9 Å². The molecule has 0 atom stereocenters. The minimum absolute atomic E-state index is 0.0660. The monoisotopic (exact) mass is 424 g/mol. The van der Waals surface area contributed by atoms with Gasteiger partial charge in [-0.05, 0) is 24.3 Å². The lowest BCUT2D eigenvalue weighted by Crippen LogP contribution is -2.49. The van der Waals surface area contributed by atoms with Gasteiger partial charge in [-0.2, -0.15) is 9.78 Å². The molecule has 10 heteroatoms. The highest BCUT2D eigenvalue weighted by Crippen LogP contribution is 2.23. The molecule has 5 rings (SSSR count). The molecule has 1 aromatic carbocycles. The number of nitrogens with one attached hydrogen (secondary N) is 1. The third-order valence-electron chi connectivity index (χ3n) is 5.12. The molecule has 0 unspecified atom stereocenters. The van der Waals surface area contributed by atoms with Crippen LogP contribution in [-0.4, -0.2) is 56.7 Å². The van der Waals surface area contributed by atoms with Crippen LogP contribution in [0.4, 0.5) is 5.69 Å². The van der Waals surface area contributed by atoms with Crippen molar-refractivity contribution in [1.82, 2.24) is 24.6 Å². The molecule has 4 heterocycles. The SMILES string of the molecule is O=C(c1ccco1)N1CCN(c2cnn(-c3nc4ccccc4[nH]3)c(=O)c2Cl)CC1. The minimum Gasteiger partial charge on any atom is -0.459 e. The van der Waals surface area contributed by atoms with Gasteiger partial charge in [0.15, 0.2) is 5.76 Å². The molecule has 0 aliphatic carbocycles. The number of hydrogen-bond acceptors (Lipinski definition) is 6. The van der Waals surface area contributed by atoms with Crippen LogP contribution < -0.4 is 10.5 Å². The van der Waals surface area contributed by atoms with Gasteiger partial charge < -0.3 is 19.2 Å². The number of aromatic amines is 1. The Bertz CT molecular complexity index is 1240. The van der Waals surface area contributed by atoms with E-state index in [9.17, 15) is 9.59 Å². The lowest BCUT2D eigenvalue weighted by molar-refractivity contribution is 0.0714. The maximum absolute atomic E-state index is 12.8. The van der Waals surface area contributed by atoms with E-state index < -0.39 is 5.56 Å². The summed E-state index contributed by atoms with van der Waals surface area (Å²) in [6, 6.07) is 10.8. The van der Waals surface area contributed by atoms with Crippen molar-refractivity contribution in [3.05, 3.63) is 70.0 Å². The summed E-state index contributed by atoms with van der Waals surface area (Å²) < 4.78 is 6.34. The number of nitrogens with zero attached hydrogens (tertiary/aromatic N) is 5. The number of imidazole rings is 1. The first-order valence-corrected chi connectivity index (χ1v) is 9.80. The van der Waals surface area contributed by atoms with Gasteiger partial charge in [0.25, 0.3) is 11.5 Å². The van der Waals surface area contributed by atoms with Crippen LogP contribution in [0.25, 0.3) is 17.0 Å². The average Bonchev–Trinajstić information content (AvgIpc) is 3.45. The van der Waals surface area contributed by atoms with Crippen LogP contribution >= 0.6 is 11.6 Å². The first kappa shape index (κ1) is 18.4. The molecule has 152 valence electrons. The second-order valence-electron chi connectivity index (χ2n) is 6.89. The number of carbonyl (C=O) groups excluding carboxylic acids is 1. The van der Waals surface area contributed by atoms with Gasteiger partial charge in [-0.15, -0.1) is 0 Å². The molecule has 4 aromatic rings. The molecule has 1 N–H and O–H groups in total. The molecule has 1 saturated heterocycles. The van der Waals surface area contributed by atoms with Crippen molar-refractivity contribution in [2.24, 2.45) is 0 Å². The number of rotatable bonds is 3. The Morgan fingerprint density at radius 1 is 1.10 bits per heavy atom. The number of aromatic nitrogens is 4. The zero-order chi connectivity index (χ0) is 20.7. The third kappa shape index (κ3) is 3.13. The summed E-state index contributed by atoms with van der Waals surface area (Å²) in [5, 5.41) is 4.33. The molecule has 0 spiro atoms. The third-order valence-corrected chi connectivity index (χ3v) is 5.47. The zero-order valence-corrected chi connectivity index (χ0v) is 16.5. The van der Waals surface area contributed by atoms with Crippen molar-refractivity contribution in [1.29, 1.82) is 0 Å². The first-order chi connectivity index (χ1) is 14.6. The molecular formula is C20H17ClN6O3. The highest BCUT2D eigenvalue weighted by Gasteiger charge is 2.26. The Morgan fingerprint density at radius 2 is 1.90 bits per heavy atom. The number of benzene rings is 1. The molecule has 3 aromatic heterocycles. The predicted molar refractivity (Wildman–Crippen MR) is 111 cm³/mol. The van der Waals surface area contributed by atoms with Crippen molar-refractivity contribution in [3.63, 3.8) is 0 Å². The largest absolute Gasteiger partial charge is 0.459 e. The fourth-order valence-electron chi connectivity index (χ4n) is 3.54. The number of carbonyl (C=O) groups is 1. The number of anilines is 1. The minimum atomic E-state index is -0.456. The number of halogens is 1. The standard InChI is InChI=1S/C20H17ClN6O3/c21-17-15(25-7-9-26(10-8-25)18(28)16-6-3-11-30-16)12-22-27(19(17)29)20-23-13-4-1-2-5-14(13)24-20/h1-6,11-12H,7-10H2,(H,23,24). The van der Waals surface area contributed by atoms with Gasteiger partial charge in [0.05, 0.1) is 29.2 Å². The van der Waals surface area contributed by atoms with E-state index in [0.29, 0.717) is 43.6 Å². The van der Waals surface area contributed by atoms with Crippen molar-refractivity contribution >= 4 is 34.2 Å². The summed E-state index contributed by atoms with van der Waals surface area (Å²) in [5.41, 5.74) is 1.62. The molecule has 0 bridgehead atoms. The summed E-state index contributed by atoms with van der Waals surface area (Å²) >= 11 is 6.41. The maximum atomic E-state index is 12.8. The molecular weight excluding hydrogens is 408 g/mol. The summed E-state index contributed by atoms with van der Waals surface area (Å²) in [7, 11) is 0.